The number of nitrogens with one attached hydrogen (secondary N) is 1. The van der Waals surface area contributed by atoms with Crippen molar-refractivity contribution in [2.45, 2.75) is 58.0 Å². The van der Waals surface area contributed by atoms with Crippen LogP contribution in [0.2, 0.25) is 0 Å². The Kier molecular flexibility index (Phi) is 6.77. The van der Waals surface area contributed by atoms with E-state index < -0.39 is 6.04 Å². The minimum Gasteiger partial charge on any atom is -0.454 e. The molecule has 0 aromatic heterocycles. The quantitative estimate of drug-likeness (QED) is 0.741. The average molecular weight is 416 g/mol. The van der Waals surface area contributed by atoms with E-state index in [2.05, 4.69) is 16.3 Å². The summed E-state index contributed by atoms with van der Waals surface area (Å²) in [7, 11) is 0. The molecule has 0 radical (unpaired) electrons. The van der Waals surface area contributed by atoms with Gasteiger partial charge >= 0.3 is 0 Å². The maximum atomic E-state index is 12.7. The van der Waals surface area contributed by atoms with Crippen LogP contribution in [-0.2, 0) is 16.1 Å². The second-order valence-electron chi connectivity index (χ2n) is 8.77. The van der Waals surface area contributed by atoms with E-state index in [1.165, 1.54) is 31.2 Å². The molecule has 30 heavy (non-hydrogen) atoms. The predicted octanol–water partition coefficient (Wildman–Crippen LogP) is 2.53. The molecule has 1 aliphatic carbocycles. The Bertz CT molecular complexity index is 755. The van der Waals surface area contributed by atoms with Crippen molar-refractivity contribution < 1.29 is 19.1 Å². The van der Waals surface area contributed by atoms with Gasteiger partial charge in [0.15, 0.2) is 11.5 Å². The Labute approximate surface area is 178 Å². The van der Waals surface area contributed by atoms with Crippen molar-refractivity contribution in [3.8, 4) is 11.5 Å². The summed E-state index contributed by atoms with van der Waals surface area (Å²) in [6.45, 7) is 5.93. The molecule has 1 aromatic rings. The second kappa shape index (κ2) is 9.69. The molecule has 4 rings (SSSR count). The van der Waals surface area contributed by atoms with Crippen LogP contribution in [0, 0.1) is 5.92 Å². The lowest BCUT2D eigenvalue weighted by Crippen LogP contribution is -2.53. The third-order valence-electron chi connectivity index (χ3n) is 6.53. The number of rotatable bonds is 7. The zero-order chi connectivity index (χ0) is 20.9. The first-order valence-corrected chi connectivity index (χ1v) is 11.3. The standard InChI is InChI=1S/C23H33N3O4/c1-17(24-22(27)9-7-18-4-2-3-5-18)23(28)26-12-10-25(11-13-26)15-19-6-8-20-21(14-19)30-16-29-20/h6,8,14,17-18H,2-5,7,9-13,15-16H2,1H3,(H,24,27). The summed E-state index contributed by atoms with van der Waals surface area (Å²) < 4.78 is 10.8. The zero-order valence-corrected chi connectivity index (χ0v) is 17.9. The van der Waals surface area contributed by atoms with E-state index in [0.29, 0.717) is 25.4 Å². The fraction of sp³-hybridized carbons (Fsp3) is 0.652. The van der Waals surface area contributed by atoms with E-state index in [4.69, 9.17) is 9.47 Å². The van der Waals surface area contributed by atoms with E-state index in [-0.39, 0.29) is 18.6 Å². The molecule has 164 valence electrons. The maximum absolute atomic E-state index is 12.7. The Hall–Kier alpha value is -2.28. The lowest BCUT2D eigenvalue weighted by molar-refractivity contribution is -0.137. The molecule has 1 saturated heterocycles. The molecule has 3 aliphatic rings. The lowest BCUT2D eigenvalue weighted by Gasteiger charge is -2.36. The van der Waals surface area contributed by atoms with Crippen LogP contribution in [0.4, 0.5) is 0 Å². The van der Waals surface area contributed by atoms with E-state index in [1.807, 2.05) is 17.0 Å². The van der Waals surface area contributed by atoms with Crippen molar-refractivity contribution in [2.24, 2.45) is 5.92 Å². The molecule has 2 heterocycles. The topological polar surface area (TPSA) is 71.1 Å². The number of nitrogens with zero attached hydrogens (tertiary/aromatic N) is 2. The Morgan fingerprint density at radius 3 is 2.60 bits per heavy atom. The molecule has 1 unspecified atom stereocenters. The molecule has 0 bridgehead atoms. The van der Waals surface area contributed by atoms with Crippen molar-refractivity contribution in [3.05, 3.63) is 23.8 Å². The first kappa shape index (κ1) is 21.0. The van der Waals surface area contributed by atoms with Crippen molar-refractivity contribution in [2.75, 3.05) is 33.0 Å². The van der Waals surface area contributed by atoms with Gasteiger partial charge in [-0.2, -0.15) is 0 Å². The normalized spacial score (nSPS) is 20.4. The number of hydrogen-bond acceptors (Lipinski definition) is 5. The number of carbonyl (C=O) groups is 2. The van der Waals surface area contributed by atoms with Crippen LogP contribution in [0.5, 0.6) is 11.5 Å². The van der Waals surface area contributed by atoms with Crippen LogP contribution < -0.4 is 14.8 Å². The summed E-state index contributed by atoms with van der Waals surface area (Å²) in [6.07, 6.45) is 6.57. The van der Waals surface area contributed by atoms with E-state index >= 15 is 0 Å². The third kappa shape index (κ3) is 5.25. The smallest absolute Gasteiger partial charge is 0.244 e. The van der Waals surface area contributed by atoms with Crippen LogP contribution in [-0.4, -0.2) is 60.6 Å². The van der Waals surface area contributed by atoms with Crippen LogP contribution in [0.25, 0.3) is 0 Å². The highest BCUT2D eigenvalue weighted by molar-refractivity contribution is 5.87. The van der Waals surface area contributed by atoms with Gasteiger partial charge in [-0.1, -0.05) is 31.7 Å². The number of benzene rings is 1. The molecule has 1 saturated carbocycles. The lowest BCUT2D eigenvalue weighted by atomic mass is 10.0. The molecular formula is C23H33N3O4. The van der Waals surface area contributed by atoms with Crippen LogP contribution in [0.3, 0.4) is 0 Å². The first-order valence-electron chi connectivity index (χ1n) is 11.3. The molecular weight excluding hydrogens is 382 g/mol. The number of amides is 2. The van der Waals surface area contributed by atoms with Gasteiger partial charge in [-0.05, 0) is 37.0 Å². The van der Waals surface area contributed by atoms with Crippen molar-refractivity contribution in [3.63, 3.8) is 0 Å². The highest BCUT2D eigenvalue weighted by Gasteiger charge is 2.26. The first-order chi connectivity index (χ1) is 14.6. The molecule has 1 aromatic carbocycles. The monoisotopic (exact) mass is 415 g/mol. The number of piperazine rings is 1. The van der Waals surface area contributed by atoms with Crippen molar-refractivity contribution in [1.29, 1.82) is 0 Å². The fourth-order valence-electron chi connectivity index (χ4n) is 4.71. The highest BCUT2D eigenvalue weighted by Crippen LogP contribution is 2.33. The SMILES string of the molecule is CC(NC(=O)CCC1CCCC1)C(=O)N1CCN(Cc2ccc3c(c2)OCO3)CC1. The molecule has 2 amide bonds. The summed E-state index contributed by atoms with van der Waals surface area (Å²) in [5.74, 6) is 2.32. The Morgan fingerprint density at radius 2 is 1.83 bits per heavy atom. The average Bonchev–Trinajstić information content (AvgIpc) is 3.44. The summed E-state index contributed by atoms with van der Waals surface area (Å²) in [5, 5.41) is 2.91. The van der Waals surface area contributed by atoms with E-state index in [1.54, 1.807) is 6.92 Å². The van der Waals surface area contributed by atoms with E-state index in [9.17, 15) is 9.59 Å². The Morgan fingerprint density at radius 1 is 1.10 bits per heavy atom. The minimum atomic E-state index is -0.457. The molecule has 1 atom stereocenters. The molecule has 1 N–H and O–H groups in total. The largest absolute Gasteiger partial charge is 0.454 e. The second-order valence-corrected chi connectivity index (χ2v) is 8.77. The van der Waals surface area contributed by atoms with Gasteiger partial charge in [0.1, 0.15) is 6.04 Å². The summed E-state index contributed by atoms with van der Waals surface area (Å²) in [4.78, 5) is 29.2. The minimum absolute atomic E-state index is 0.00388. The highest BCUT2D eigenvalue weighted by atomic mass is 16.7. The van der Waals surface area contributed by atoms with Gasteiger partial charge in [0.05, 0.1) is 0 Å². The van der Waals surface area contributed by atoms with Gasteiger partial charge in [0.25, 0.3) is 0 Å². The van der Waals surface area contributed by atoms with Gasteiger partial charge < -0.3 is 19.7 Å². The molecule has 7 nitrogen and oxygen atoms in total. The van der Waals surface area contributed by atoms with E-state index in [0.717, 1.165) is 37.6 Å². The summed E-state index contributed by atoms with van der Waals surface area (Å²) in [5.41, 5.74) is 1.18. The number of hydrogen-bond donors (Lipinski definition) is 1. The molecule has 7 heteroatoms. The fourth-order valence-corrected chi connectivity index (χ4v) is 4.71. The summed E-state index contributed by atoms with van der Waals surface area (Å²) >= 11 is 0. The molecule has 0 spiro atoms. The Balaban J connectivity index is 1.18. The number of carbonyl (C=O) groups excluding carboxylic acids is 2. The van der Waals surface area contributed by atoms with Crippen molar-refractivity contribution in [1.82, 2.24) is 15.1 Å². The van der Waals surface area contributed by atoms with Gasteiger partial charge in [-0.25, -0.2) is 0 Å². The van der Waals surface area contributed by atoms with Crippen LogP contribution in [0.1, 0.15) is 51.0 Å². The van der Waals surface area contributed by atoms with Gasteiger partial charge in [-0.3, -0.25) is 14.5 Å². The van der Waals surface area contributed by atoms with Gasteiger partial charge in [0.2, 0.25) is 18.6 Å². The number of ether oxygens (including phenoxy) is 2. The third-order valence-corrected chi connectivity index (χ3v) is 6.53. The van der Waals surface area contributed by atoms with Crippen LogP contribution >= 0.6 is 0 Å². The van der Waals surface area contributed by atoms with Crippen LogP contribution in [0.15, 0.2) is 18.2 Å². The molecule has 2 fully saturated rings. The maximum Gasteiger partial charge on any atom is 0.244 e. The predicted molar refractivity (Wildman–Crippen MR) is 113 cm³/mol. The number of fused-ring (bicyclic) bond motifs is 1. The van der Waals surface area contributed by atoms with Gasteiger partial charge in [0, 0.05) is 39.1 Å². The van der Waals surface area contributed by atoms with Crippen molar-refractivity contribution >= 4 is 11.8 Å². The molecule has 2 aliphatic heterocycles. The summed E-state index contributed by atoms with van der Waals surface area (Å²) in [6, 6.07) is 5.59. The van der Waals surface area contributed by atoms with Gasteiger partial charge in [-0.15, -0.1) is 0 Å². The zero-order valence-electron chi connectivity index (χ0n) is 17.9.